The second-order valence-corrected chi connectivity index (χ2v) is 8.12. The Morgan fingerprint density at radius 2 is 1.63 bits per heavy atom. The van der Waals surface area contributed by atoms with Crippen LogP contribution in [0.2, 0.25) is 0 Å². The molecule has 27 heavy (non-hydrogen) atoms. The fraction of sp³-hybridized carbons (Fsp3) is 0.350. The standard InChI is InChI=1S/C20H27N3O3S/c1-5-23(6-2)17-9-12-19(16(4)13-17)22-20(24)14-21-27(25,26)18-10-7-15(3)8-11-18/h7-13,21H,5-6,14H2,1-4H3,(H,22,24). The van der Waals surface area contributed by atoms with Crippen LogP contribution in [0.15, 0.2) is 47.4 Å². The smallest absolute Gasteiger partial charge is 0.241 e. The first-order chi connectivity index (χ1) is 12.8. The van der Waals surface area contributed by atoms with E-state index in [0.717, 1.165) is 29.9 Å². The summed E-state index contributed by atoms with van der Waals surface area (Å²) in [5, 5.41) is 2.76. The third-order valence-corrected chi connectivity index (χ3v) is 5.78. The topological polar surface area (TPSA) is 78.5 Å². The number of hydrogen-bond acceptors (Lipinski definition) is 4. The molecule has 2 rings (SSSR count). The van der Waals surface area contributed by atoms with Gasteiger partial charge in [-0.15, -0.1) is 0 Å². The van der Waals surface area contributed by atoms with E-state index in [0.29, 0.717) is 5.69 Å². The van der Waals surface area contributed by atoms with Gasteiger partial charge in [-0.25, -0.2) is 13.1 Å². The lowest BCUT2D eigenvalue weighted by Gasteiger charge is -2.22. The molecular weight excluding hydrogens is 362 g/mol. The van der Waals surface area contributed by atoms with Crippen LogP contribution in [-0.2, 0) is 14.8 Å². The summed E-state index contributed by atoms with van der Waals surface area (Å²) in [6, 6.07) is 12.3. The predicted molar refractivity (Wildman–Crippen MR) is 110 cm³/mol. The van der Waals surface area contributed by atoms with Crippen LogP contribution in [0.5, 0.6) is 0 Å². The van der Waals surface area contributed by atoms with Crippen molar-refractivity contribution in [2.24, 2.45) is 0 Å². The van der Waals surface area contributed by atoms with Gasteiger partial charge in [0.15, 0.2) is 0 Å². The predicted octanol–water partition coefficient (Wildman–Crippen LogP) is 3.07. The first-order valence-electron chi connectivity index (χ1n) is 8.98. The number of carbonyl (C=O) groups excluding carboxylic acids is 1. The van der Waals surface area contributed by atoms with Crippen LogP contribution in [-0.4, -0.2) is 34.0 Å². The highest BCUT2D eigenvalue weighted by atomic mass is 32.2. The molecule has 0 bridgehead atoms. The number of nitrogens with zero attached hydrogens (tertiary/aromatic N) is 1. The number of amides is 1. The van der Waals surface area contributed by atoms with E-state index >= 15 is 0 Å². The molecule has 0 aliphatic rings. The lowest BCUT2D eigenvalue weighted by atomic mass is 10.1. The maximum atomic E-state index is 12.3. The first-order valence-corrected chi connectivity index (χ1v) is 10.5. The number of anilines is 2. The maximum Gasteiger partial charge on any atom is 0.241 e. The van der Waals surface area contributed by atoms with Gasteiger partial charge in [-0.05, 0) is 63.6 Å². The molecule has 0 aliphatic heterocycles. The summed E-state index contributed by atoms with van der Waals surface area (Å²) in [6.07, 6.45) is 0. The van der Waals surface area contributed by atoms with Crippen molar-refractivity contribution in [2.45, 2.75) is 32.6 Å². The van der Waals surface area contributed by atoms with Crippen molar-refractivity contribution < 1.29 is 13.2 Å². The fourth-order valence-electron chi connectivity index (χ4n) is 2.73. The molecule has 0 heterocycles. The Morgan fingerprint density at radius 3 is 2.19 bits per heavy atom. The van der Waals surface area contributed by atoms with Gasteiger partial charge in [0.1, 0.15) is 0 Å². The third-order valence-electron chi connectivity index (χ3n) is 4.37. The van der Waals surface area contributed by atoms with Crippen molar-refractivity contribution in [3.05, 3.63) is 53.6 Å². The quantitative estimate of drug-likeness (QED) is 0.727. The van der Waals surface area contributed by atoms with E-state index in [-0.39, 0.29) is 11.4 Å². The Hall–Kier alpha value is -2.38. The van der Waals surface area contributed by atoms with Crippen molar-refractivity contribution in [1.29, 1.82) is 0 Å². The molecule has 0 radical (unpaired) electrons. The number of aryl methyl sites for hydroxylation is 2. The van der Waals surface area contributed by atoms with Crippen molar-refractivity contribution in [3.8, 4) is 0 Å². The van der Waals surface area contributed by atoms with Gasteiger partial charge in [-0.1, -0.05) is 17.7 Å². The van der Waals surface area contributed by atoms with Gasteiger partial charge in [-0.3, -0.25) is 4.79 Å². The van der Waals surface area contributed by atoms with E-state index in [1.165, 1.54) is 12.1 Å². The Balaban J connectivity index is 2.00. The molecular formula is C20H27N3O3S. The van der Waals surface area contributed by atoms with Crippen LogP contribution in [0.3, 0.4) is 0 Å². The normalized spacial score (nSPS) is 11.3. The molecule has 0 fully saturated rings. The molecule has 1 amide bonds. The highest BCUT2D eigenvalue weighted by Gasteiger charge is 2.16. The Bertz CT molecular complexity index is 889. The Kier molecular flexibility index (Phi) is 6.98. The molecule has 146 valence electrons. The minimum Gasteiger partial charge on any atom is -0.372 e. The molecule has 7 heteroatoms. The number of rotatable bonds is 8. The average Bonchev–Trinajstić information content (AvgIpc) is 2.64. The zero-order chi connectivity index (χ0) is 20.0. The molecule has 6 nitrogen and oxygen atoms in total. The maximum absolute atomic E-state index is 12.3. The summed E-state index contributed by atoms with van der Waals surface area (Å²) < 4.78 is 26.8. The van der Waals surface area contributed by atoms with Crippen molar-refractivity contribution in [3.63, 3.8) is 0 Å². The van der Waals surface area contributed by atoms with Crippen molar-refractivity contribution in [2.75, 3.05) is 29.9 Å². The summed E-state index contributed by atoms with van der Waals surface area (Å²) in [5.41, 5.74) is 3.66. The zero-order valence-corrected chi connectivity index (χ0v) is 17.1. The van der Waals surface area contributed by atoms with Crippen LogP contribution in [0.1, 0.15) is 25.0 Å². The summed E-state index contributed by atoms with van der Waals surface area (Å²) in [7, 11) is -3.72. The second kappa shape index (κ2) is 9.01. The van der Waals surface area contributed by atoms with E-state index in [1.807, 2.05) is 32.0 Å². The van der Waals surface area contributed by atoms with Gasteiger partial charge in [0, 0.05) is 24.5 Å². The van der Waals surface area contributed by atoms with E-state index in [4.69, 9.17) is 0 Å². The van der Waals surface area contributed by atoms with E-state index in [2.05, 4.69) is 28.8 Å². The summed E-state index contributed by atoms with van der Waals surface area (Å²) in [6.45, 7) is 9.46. The molecule has 0 spiro atoms. The highest BCUT2D eigenvalue weighted by molar-refractivity contribution is 7.89. The molecule has 0 saturated carbocycles. The SMILES string of the molecule is CCN(CC)c1ccc(NC(=O)CNS(=O)(=O)c2ccc(C)cc2)c(C)c1. The van der Waals surface area contributed by atoms with Crippen molar-refractivity contribution in [1.82, 2.24) is 4.72 Å². The molecule has 2 aromatic carbocycles. The van der Waals surface area contributed by atoms with Gasteiger partial charge in [0.25, 0.3) is 0 Å². The number of sulfonamides is 1. The fourth-order valence-corrected chi connectivity index (χ4v) is 3.71. The van der Waals surface area contributed by atoms with Crippen molar-refractivity contribution >= 4 is 27.3 Å². The third kappa shape index (κ3) is 5.55. The monoisotopic (exact) mass is 389 g/mol. The first kappa shape index (κ1) is 20.9. The number of nitrogens with one attached hydrogen (secondary N) is 2. The summed E-state index contributed by atoms with van der Waals surface area (Å²) in [4.78, 5) is 14.5. The molecule has 2 aromatic rings. The zero-order valence-electron chi connectivity index (χ0n) is 16.2. The Morgan fingerprint density at radius 1 is 1.00 bits per heavy atom. The second-order valence-electron chi connectivity index (χ2n) is 6.36. The molecule has 0 aliphatic carbocycles. The lowest BCUT2D eigenvalue weighted by Crippen LogP contribution is -2.33. The number of hydrogen-bond donors (Lipinski definition) is 2. The van der Waals surface area contributed by atoms with E-state index in [9.17, 15) is 13.2 Å². The van der Waals surface area contributed by atoms with Gasteiger partial charge in [0.05, 0.1) is 11.4 Å². The van der Waals surface area contributed by atoms with Gasteiger partial charge < -0.3 is 10.2 Å². The lowest BCUT2D eigenvalue weighted by molar-refractivity contribution is -0.115. The van der Waals surface area contributed by atoms with Crippen LogP contribution < -0.4 is 14.9 Å². The van der Waals surface area contributed by atoms with Crippen LogP contribution in [0.4, 0.5) is 11.4 Å². The molecule has 2 N–H and O–H groups in total. The number of benzene rings is 2. The average molecular weight is 390 g/mol. The summed E-state index contributed by atoms with van der Waals surface area (Å²) in [5.74, 6) is -0.413. The number of carbonyl (C=O) groups is 1. The molecule has 0 atom stereocenters. The molecule has 0 aromatic heterocycles. The summed E-state index contributed by atoms with van der Waals surface area (Å²) >= 11 is 0. The van der Waals surface area contributed by atoms with Crippen LogP contribution in [0, 0.1) is 13.8 Å². The minimum atomic E-state index is -3.72. The minimum absolute atomic E-state index is 0.139. The van der Waals surface area contributed by atoms with E-state index < -0.39 is 15.9 Å². The van der Waals surface area contributed by atoms with E-state index in [1.54, 1.807) is 12.1 Å². The largest absolute Gasteiger partial charge is 0.372 e. The van der Waals surface area contributed by atoms with Crippen LogP contribution >= 0.6 is 0 Å². The molecule has 0 saturated heterocycles. The van der Waals surface area contributed by atoms with Crippen LogP contribution in [0.25, 0.3) is 0 Å². The highest BCUT2D eigenvalue weighted by Crippen LogP contribution is 2.22. The Labute approximate surface area is 161 Å². The van der Waals surface area contributed by atoms with Gasteiger partial charge in [0.2, 0.25) is 15.9 Å². The van der Waals surface area contributed by atoms with Gasteiger partial charge >= 0.3 is 0 Å². The molecule has 0 unspecified atom stereocenters. The van der Waals surface area contributed by atoms with Gasteiger partial charge in [-0.2, -0.15) is 0 Å².